The second-order valence-corrected chi connectivity index (χ2v) is 9.30. The minimum atomic E-state index is -0.406. The van der Waals surface area contributed by atoms with Crippen LogP contribution in [0.5, 0.6) is 0 Å². The first-order valence-electron chi connectivity index (χ1n) is 10.1. The molecule has 2 aromatic heterocycles. The number of ether oxygens (including phenoxy) is 1. The number of thiazole rings is 1. The third-order valence-corrected chi connectivity index (χ3v) is 7.14. The molecule has 10 heteroatoms. The van der Waals surface area contributed by atoms with Crippen molar-refractivity contribution in [2.45, 2.75) is 19.3 Å². The van der Waals surface area contributed by atoms with Gasteiger partial charge in [0.25, 0.3) is 5.91 Å². The summed E-state index contributed by atoms with van der Waals surface area (Å²) >= 11 is 2.53. The van der Waals surface area contributed by atoms with E-state index >= 15 is 0 Å². The van der Waals surface area contributed by atoms with E-state index in [1.807, 2.05) is 5.38 Å². The van der Waals surface area contributed by atoms with E-state index in [0.717, 1.165) is 39.3 Å². The molecule has 3 heterocycles. The van der Waals surface area contributed by atoms with Crippen LogP contribution in [0.4, 0.5) is 5.13 Å². The molecule has 2 N–H and O–H groups in total. The SMILES string of the molecule is O=C(Nc1nc2c(s1)C(=O)C[C@@H](C(=O)NCCCN1CCOCC1)C2)c1cccs1. The first-order chi connectivity index (χ1) is 14.6. The van der Waals surface area contributed by atoms with Crippen LogP contribution in [-0.2, 0) is 16.0 Å². The summed E-state index contributed by atoms with van der Waals surface area (Å²) in [6, 6.07) is 3.54. The van der Waals surface area contributed by atoms with E-state index < -0.39 is 5.92 Å². The average molecular weight is 449 g/mol. The zero-order chi connectivity index (χ0) is 20.9. The number of carbonyl (C=O) groups is 3. The number of ketones is 1. The van der Waals surface area contributed by atoms with E-state index in [2.05, 4.69) is 20.5 Å². The zero-order valence-corrected chi connectivity index (χ0v) is 18.2. The summed E-state index contributed by atoms with van der Waals surface area (Å²) in [5.74, 6) is -0.832. The number of anilines is 1. The molecule has 30 heavy (non-hydrogen) atoms. The van der Waals surface area contributed by atoms with E-state index in [9.17, 15) is 14.4 Å². The largest absolute Gasteiger partial charge is 0.379 e. The van der Waals surface area contributed by atoms with Gasteiger partial charge in [-0.3, -0.25) is 24.6 Å². The number of nitrogens with zero attached hydrogens (tertiary/aromatic N) is 2. The Kier molecular flexibility index (Phi) is 6.88. The monoisotopic (exact) mass is 448 g/mol. The Morgan fingerprint density at radius 1 is 1.27 bits per heavy atom. The molecule has 0 aromatic carbocycles. The maximum absolute atomic E-state index is 12.6. The fourth-order valence-electron chi connectivity index (χ4n) is 3.62. The number of aromatic nitrogens is 1. The molecule has 1 atom stereocenters. The lowest BCUT2D eigenvalue weighted by Gasteiger charge is -2.26. The van der Waals surface area contributed by atoms with Crippen molar-refractivity contribution in [1.82, 2.24) is 15.2 Å². The van der Waals surface area contributed by atoms with Gasteiger partial charge < -0.3 is 10.1 Å². The van der Waals surface area contributed by atoms with E-state index in [1.54, 1.807) is 12.1 Å². The van der Waals surface area contributed by atoms with Gasteiger partial charge in [-0.1, -0.05) is 17.4 Å². The van der Waals surface area contributed by atoms with Gasteiger partial charge in [0.1, 0.15) is 0 Å². The van der Waals surface area contributed by atoms with Crippen molar-refractivity contribution in [3.8, 4) is 0 Å². The molecule has 0 unspecified atom stereocenters. The van der Waals surface area contributed by atoms with E-state index in [-0.39, 0.29) is 24.0 Å². The lowest BCUT2D eigenvalue weighted by atomic mass is 9.89. The fourth-order valence-corrected chi connectivity index (χ4v) is 5.17. The van der Waals surface area contributed by atoms with Crippen LogP contribution in [0.2, 0.25) is 0 Å². The predicted octanol–water partition coefficient (Wildman–Crippen LogP) is 2.04. The lowest BCUT2D eigenvalue weighted by Crippen LogP contribution is -2.39. The Hall–Kier alpha value is -2.14. The Morgan fingerprint density at radius 2 is 2.10 bits per heavy atom. The molecule has 8 nitrogen and oxygen atoms in total. The molecule has 2 amide bonds. The van der Waals surface area contributed by atoms with Crippen molar-refractivity contribution in [3.05, 3.63) is 33.0 Å². The number of thiophene rings is 1. The Bertz CT molecular complexity index is 906. The molecule has 1 aliphatic heterocycles. The number of hydrogen-bond donors (Lipinski definition) is 2. The van der Waals surface area contributed by atoms with Gasteiger partial charge >= 0.3 is 0 Å². The quantitative estimate of drug-likeness (QED) is 0.629. The van der Waals surface area contributed by atoms with Crippen LogP contribution < -0.4 is 10.6 Å². The number of fused-ring (bicyclic) bond motifs is 1. The Labute approximate surface area is 182 Å². The van der Waals surface area contributed by atoms with Crippen LogP contribution in [0.1, 0.15) is 37.9 Å². The highest BCUT2D eigenvalue weighted by Crippen LogP contribution is 2.32. The maximum Gasteiger partial charge on any atom is 0.267 e. The van der Waals surface area contributed by atoms with Crippen LogP contribution in [0.25, 0.3) is 0 Å². The molecular formula is C20H24N4O4S2. The van der Waals surface area contributed by atoms with Crippen molar-refractivity contribution in [2.75, 3.05) is 44.7 Å². The van der Waals surface area contributed by atoms with E-state index in [0.29, 0.717) is 33.5 Å². The van der Waals surface area contributed by atoms with Crippen LogP contribution in [0, 0.1) is 5.92 Å². The third-order valence-electron chi connectivity index (χ3n) is 5.21. The summed E-state index contributed by atoms with van der Waals surface area (Å²) < 4.78 is 5.33. The van der Waals surface area contributed by atoms with Gasteiger partial charge in [-0.2, -0.15) is 0 Å². The second-order valence-electron chi connectivity index (χ2n) is 7.35. The average Bonchev–Trinajstić information content (AvgIpc) is 3.42. The first kappa shape index (κ1) is 21.1. The molecule has 1 saturated heterocycles. The molecule has 0 radical (unpaired) electrons. The maximum atomic E-state index is 12.6. The van der Waals surface area contributed by atoms with Crippen LogP contribution in [-0.4, -0.2) is 66.9 Å². The van der Waals surface area contributed by atoms with Crippen molar-refractivity contribution in [3.63, 3.8) is 0 Å². The van der Waals surface area contributed by atoms with Gasteiger partial charge in [0.05, 0.1) is 34.6 Å². The predicted molar refractivity (Wildman–Crippen MR) is 115 cm³/mol. The molecule has 0 spiro atoms. The molecular weight excluding hydrogens is 424 g/mol. The Balaban J connectivity index is 1.28. The zero-order valence-electron chi connectivity index (χ0n) is 16.5. The van der Waals surface area contributed by atoms with Crippen LogP contribution >= 0.6 is 22.7 Å². The summed E-state index contributed by atoms with van der Waals surface area (Å²) in [5.41, 5.74) is 0.603. The van der Waals surface area contributed by atoms with E-state index in [1.165, 1.54) is 22.7 Å². The van der Waals surface area contributed by atoms with Gasteiger partial charge in [0.2, 0.25) is 5.91 Å². The normalized spacial score (nSPS) is 19.3. The second kappa shape index (κ2) is 9.78. The minimum absolute atomic E-state index is 0.0844. The summed E-state index contributed by atoms with van der Waals surface area (Å²) in [7, 11) is 0. The number of carbonyl (C=O) groups excluding carboxylic acids is 3. The fraction of sp³-hybridized carbons (Fsp3) is 0.500. The molecule has 2 aliphatic rings. The molecule has 4 rings (SSSR count). The van der Waals surface area contributed by atoms with Gasteiger partial charge in [0.15, 0.2) is 10.9 Å². The summed E-state index contributed by atoms with van der Waals surface area (Å²) in [6.07, 6.45) is 1.47. The molecule has 1 fully saturated rings. The minimum Gasteiger partial charge on any atom is -0.379 e. The molecule has 2 aromatic rings. The number of Topliss-reactive ketones (excluding diaryl/α,β-unsaturated/α-hetero) is 1. The first-order valence-corrected chi connectivity index (χ1v) is 11.8. The highest BCUT2D eigenvalue weighted by molar-refractivity contribution is 7.18. The Morgan fingerprint density at radius 3 is 2.87 bits per heavy atom. The highest BCUT2D eigenvalue weighted by Gasteiger charge is 2.33. The number of rotatable bonds is 7. The van der Waals surface area contributed by atoms with Crippen molar-refractivity contribution in [1.29, 1.82) is 0 Å². The van der Waals surface area contributed by atoms with Gasteiger partial charge in [-0.25, -0.2) is 4.98 Å². The standard InChI is InChI=1S/C20H24N4O4S2/c25-15-12-13(18(26)21-4-2-5-24-6-8-28-9-7-24)11-14-17(15)30-20(22-14)23-19(27)16-3-1-10-29-16/h1,3,10,13H,2,4-9,11-12H2,(H,21,26)(H,22,23,27)/t13-/m0/s1. The summed E-state index contributed by atoms with van der Waals surface area (Å²) in [5, 5.41) is 7.94. The molecule has 160 valence electrons. The van der Waals surface area contributed by atoms with Gasteiger partial charge in [-0.15, -0.1) is 11.3 Å². The van der Waals surface area contributed by atoms with E-state index in [4.69, 9.17) is 4.74 Å². The van der Waals surface area contributed by atoms with Crippen molar-refractivity contribution < 1.29 is 19.1 Å². The number of morpholine rings is 1. The number of amides is 2. The third kappa shape index (κ3) is 5.12. The summed E-state index contributed by atoms with van der Waals surface area (Å²) in [4.78, 5) is 45.2. The molecule has 1 aliphatic carbocycles. The number of nitrogens with one attached hydrogen (secondary N) is 2. The van der Waals surface area contributed by atoms with Crippen molar-refractivity contribution in [2.24, 2.45) is 5.92 Å². The van der Waals surface area contributed by atoms with Gasteiger partial charge in [-0.05, 0) is 24.4 Å². The number of hydrogen-bond acceptors (Lipinski definition) is 8. The topological polar surface area (TPSA) is 101 Å². The van der Waals surface area contributed by atoms with Gasteiger partial charge in [0, 0.05) is 32.5 Å². The lowest BCUT2D eigenvalue weighted by molar-refractivity contribution is -0.125. The van der Waals surface area contributed by atoms with Crippen LogP contribution in [0.15, 0.2) is 17.5 Å². The highest BCUT2D eigenvalue weighted by atomic mass is 32.1. The van der Waals surface area contributed by atoms with Crippen molar-refractivity contribution >= 4 is 45.4 Å². The smallest absolute Gasteiger partial charge is 0.267 e. The molecule has 0 saturated carbocycles. The van der Waals surface area contributed by atoms with Crippen LogP contribution in [0.3, 0.4) is 0 Å². The summed E-state index contributed by atoms with van der Waals surface area (Å²) in [6.45, 7) is 4.92. The molecule has 0 bridgehead atoms.